The number of carboxylic acids is 1. The fraction of sp³-hybridized carbons (Fsp3) is 0.0500. The van der Waals surface area contributed by atoms with E-state index in [9.17, 15) is 19.5 Å². The summed E-state index contributed by atoms with van der Waals surface area (Å²) in [5.74, 6) is -2.29. The molecule has 1 amide bonds. The second-order valence-electron chi connectivity index (χ2n) is 6.29. The maximum Gasteiger partial charge on any atom is 0.335 e. The third kappa shape index (κ3) is 2.59. The van der Waals surface area contributed by atoms with Crippen molar-refractivity contribution >= 4 is 34.0 Å². The monoisotopic (exact) mass is 377 g/mol. The molecular weight excluding hydrogens is 362 g/mol. The molecule has 4 aromatic rings. The molecule has 0 unspecified atom stereocenters. The summed E-state index contributed by atoms with van der Waals surface area (Å²) in [6.07, 6.45) is 0. The van der Waals surface area contributed by atoms with Crippen LogP contribution in [0.1, 0.15) is 20.7 Å². The number of carbonyl (C=O) groups is 2. The molecule has 3 N–H and O–H groups in total. The Morgan fingerprint density at radius 3 is 2.36 bits per heavy atom. The normalized spacial score (nSPS) is 11.0. The van der Waals surface area contributed by atoms with E-state index in [1.165, 1.54) is 36.0 Å². The molecule has 0 bridgehead atoms. The fourth-order valence-corrected chi connectivity index (χ4v) is 3.21. The number of nitrogens with zero attached hydrogens (tertiary/aromatic N) is 2. The second kappa shape index (κ2) is 6.27. The van der Waals surface area contributed by atoms with Gasteiger partial charge in [-0.3, -0.25) is 9.59 Å². The van der Waals surface area contributed by atoms with Crippen molar-refractivity contribution in [1.82, 2.24) is 9.20 Å². The highest BCUT2D eigenvalue weighted by atomic mass is 16.4. The summed E-state index contributed by atoms with van der Waals surface area (Å²) < 4.78 is 2.81. The summed E-state index contributed by atoms with van der Waals surface area (Å²) in [4.78, 5) is 36.4. The van der Waals surface area contributed by atoms with Gasteiger partial charge in [0.15, 0.2) is 11.3 Å². The minimum atomic E-state index is -1.09. The second-order valence-corrected chi connectivity index (χ2v) is 6.29. The molecular formula is C20H15N3O5. The lowest BCUT2D eigenvalue weighted by molar-refractivity contribution is 0.0696. The van der Waals surface area contributed by atoms with Crippen LogP contribution in [0.2, 0.25) is 0 Å². The summed E-state index contributed by atoms with van der Waals surface area (Å²) in [5.41, 5.74) is 0.374. The van der Waals surface area contributed by atoms with Gasteiger partial charge in [0.25, 0.3) is 11.5 Å². The highest BCUT2D eigenvalue weighted by molar-refractivity contribution is 6.08. The van der Waals surface area contributed by atoms with Crippen LogP contribution in [0.25, 0.3) is 16.4 Å². The highest BCUT2D eigenvalue weighted by Gasteiger charge is 2.23. The van der Waals surface area contributed by atoms with Crippen molar-refractivity contribution in [1.29, 1.82) is 0 Å². The molecule has 0 aliphatic rings. The van der Waals surface area contributed by atoms with Crippen LogP contribution >= 0.6 is 0 Å². The number of aromatic hydroxyl groups is 1. The number of nitrogens with one attached hydrogen (secondary N) is 1. The Morgan fingerprint density at radius 1 is 1.00 bits per heavy atom. The topological polar surface area (TPSA) is 113 Å². The van der Waals surface area contributed by atoms with Gasteiger partial charge in [0.1, 0.15) is 5.52 Å². The number of aryl methyl sites for hydroxylation is 1. The number of para-hydroxylation sites is 1. The van der Waals surface area contributed by atoms with Crippen LogP contribution in [0.3, 0.4) is 0 Å². The Hall–Kier alpha value is -4.07. The predicted molar refractivity (Wildman–Crippen MR) is 103 cm³/mol. The van der Waals surface area contributed by atoms with Crippen LogP contribution in [-0.2, 0) is 7.05 Å². The summed E-state index contributed by atoms with van der Waals surface area (Å²) in [6, 6.07) is 14.5. The Morgan fingerprint density at radius 2 is 1.68 bits per heavy atom. The quantitative estimate of drug-likeness (QED) is 0.508. The SMILES string of the molecule is Cn1c(=O)c(C(=O)Nc2ccc(C(=O)O)cc2)c(O)c2cc3ccccc3n21. The van der Waals surface area contributed by atoms with Gasteiger partial charge in [-0.15, -0.1) is 0 Å². The van der Waals surface area contributed by atoms with E-state index in [-0.39, 0.29) is 11.1 Å². The molecule has 0 saturated carbocycles. The predicted octanol–water partition coefficient (Wildman–Crippen LogP) is 2.45. The lowest BCUT2D eigenvalue weighted by Crippen LogP contribution is -2.31. The maximum atomic E-state index is 12.8. The number of carboxylic acid groups (broad SMARTS) is 1. The molecule has 8 nitrogen and oxygen atoms in total. The average Bonchev–Trinajstić information content (AvgIpc) is 3.07. The van der Waals surface area contributed by atoms with Crippen LogP contribution < -0.4 is 10.9 Å². The third-order valence-electron chi connectivity index (χ3n) is 4.59. The van der Waals surface area contributed by atoms with Gasteiger partial charge in [0, 0.05) is 18.1 Å². The molecule has 0 aliphatic heterocycles. The first-order valence-electron chi connectivity index (χ1n) is 8.35. The Labute approximate surface area is 157 Å². The van der Waals surface area contributed by atoms with E-state index in [0.717, 1.165) is 10.9 Å². The van der Waals surface area contributed by atoms with Crippen molar-refractivity contribution in [3.8, 4) is 5.75 Å². The minimum absolute atomic E-state index is 0.0676. The van der Waals surface area contributed by atoms with Crippen molar-refractivity contribution in [2.45, 2.75) is 0 Å². The lowest BCUT2D eigenvalue weighted by Gasteiger charge is -2.12. The molecule has 2 aromatic carbocycles. The van der Waals surface area contributed by atoms with Crippen LogP contribution in [-0.4, -0.2) is 31.3 Å². The van der Waals surface area contributed by atoms with Gasteiger partial charge in [-0.25, -0.2) is 14.0 Å². The van der Waals surface area contributed by atoms with Gasteiger partial charge in [-0.05, 0) is 36.4 Å². The number of hydrogen-bond acceptors (Lipinski definition) is 4. The summed E-state index contributed by atoms with van der Waals surface area (Å²) in [6.45, 7) is 0. The number of anilines is 1. The van der Waals surface area contributed by atoms with Gasteiger partial charge in [-0.1, -0.05) is 18.2 Å². The molecule has 0 saturated heterocycles. The highest BCUT2D eigenvalue weighted by Crippen LogP contribution is 2.28. The first kappa shape index (κ1) is 17.3. The molecule has 2 heterocycles. The number of carbonyl (C=O) groups excluding carboxylic acids is 1. The molecule has 0 aliphatic carbocycles. The Balaban J connectivity index is 1.82. The van der Waals surface area contributed by atoms with E-state index in [4.69, 9.17) is 5.11 Å². The Bertz CT molecular complexity index is 1320. The van der Waals surface area contributed by atoms with Gasteiger partial charge >= 0.3 is 5.97 Å². The first-order chi connectivity index (χ1) is 13.4. The zero-order valence-electron chi connectivity index (χ0n) is 14.7. The van der Waals surface area contributed by atoms with Gasteiger partial charge in [-0.2, -0.15) is 0 Å². The van der Waals surface area contributed by atoms with Gasteiger partial charge in [0.2, 0.25) is 0 Å². The lowest BCUT2D eigenvalue weighted by atomic mass is 10.2. The van der Waals surface area contributed by atoms with Gasteiger partial charge < -0.3 is 15.5 Å². The van der Waals surface area contributed by atoms with E-state index in [0.29, 0.717) is 11.2 Å². The molecule has 2 aromatic heterocycles. The summed E-state index contributed by atoms with van der Waals surface area (Å²) >= 11 is 0. The van der Waals surface area contributed by atoms with E-state index >= 15 is 0 Å². The maximum absolute atomic E-state index is 12.8. The number of fused-ring (bicyclic) bond motifs is 3. The third-order valence-corrected chi connectivity index (χ3v) is 4.59. The van der Waals surface area contributed by atoms with Crippen LogP contribution in [0.15, 0.2) is 59.4 Å². The van der Waals surface area contributed by atoms with Crippen molar-refractivity contribution in [3.05, 3.63) is 76.1 Å². The van der Waals surface area contributed by atoms with E-state index in [1.807, 2.05) is 24.3 Å². The smallest absolute Gasteiger partial charge is 0.335 e. The molecule has 4 rings (SSSR count). The molecule has 0 fully saturated rings. The van der Waals surface area contributed by atoms with E-state index < -0.39 is 23.2 Å². The van der Waals surface area contributed by atoms with Crippen LogP contribution in [0.4, 0.5) is 5.69 Å². The van der Waals surface area contributed by atoms with E-state index in [1.54, 1.807) is 10.6 Å². The van der Waals surface area contributed by atoms with Crippen molar-refractivity contribution < 1.29 is 19.8 Å². The molecule has 140 valence electrons. The largest absolute Gasteiger partial charge is 0.505 e. The fourth-order valence-electron chi connectivity index (χ4n) is 3.21. The van der Waals surface area contributed by atoms with Crippen molar-refractivity contribution in [3.63, 3.8) is 0 Å². The van der Waals surface area contributed by atoms with Crippen molar-refractivity contribution in [2.24, 2.45) is 7.05 Å². The number of aromatic carboxylic acids is 1. The van der Waals surface area contributed by atoms with E-state index in [2.05, 4.69) is 5.32 Å². The van der Waals surface area contributed by atoms with Crippen LogP contribution in [0, 0.1) is 0 Å². The molecule has 0 spiro atoms. The zero-order chi connectivity index (χ0) is 20.0. The first-order valence-corrected chi connectivity index (χ1v) is 8.35. The molecule has 28 heavy (non-hydrogen) atoms. The number of benzene rings is 2. The zero-order valence-corrected chi connectivity index (χ0v) is 14.7. The molecule has 0 radical (unpaired) electrons. The molecule has 0 atom stereocenters. The van der Waals surface area contributed by atoms with Crippen molar-refractivity contribution in [2.75, 3.05) is 5.32 Å². The summed E-state index contributed by atoms with van der Waals surface area (Å²) in [5, 5.41) is 22.9. The minimum Gasteiger partial charge on any atom is -0.505 e. The Kier molecular flexibility index (Phi) is 3.89. The summed E-state index contributed by atoms with van der Waals surface area (Å²) in [7, 11) is 1.51. The molecule has 8 heteroatoms. The van der Waals surface area contributed by atoms with Crippen LogP contribution in [0.5, 0.6) is 5.75 Å². The van der Waals surface area contributed by atoms with Gasteiger partial charge in [0.05, 0.1) is 11.1 Å². The number of rotatable bonds is 3. The number of hydrogen-bond donors (Lipinski definition) is 3. The number of aromatic nitrogens is 2. The number of amides is 1. The standard InChI is InChI=1S/C20H15N3O5/c1-22-19(26)16(18(25)21-13-8-6-11(7-9-13)20(27)28)17(24)15-10-12-4-2-3-5-14(12)23(15)22/h2-10,24H,1H3,(H,21,25)(H,27,28). The average molecular weight is 377 g/mol.